The first kappa shape index (κ1) is 15.2. The topological polar surface area (TPSA) is 49.8 Å². The Morgan fingerprint density at radius 3 is 1.33 bits per heavy atom. The minimum atomic E-state index is 0.292. The maximum Gasteiger partial charge on any atom is 0.106 e. The first-order valence-corrected chi connectivity index (χ1v) is 8.23. The predicted octanol–water partition coefficient (Wildman–Crippen LogP) is 4.06. The molecule has 4 heteroatoms. The van der Waals surface area contributed by atoms with Crippen molar-refractivity contribution >= 4 is 11.4 Å². The van der Waals surface area contributed by atoms with Crippen molar-refractivity contribution in [1.82, 2.24) is 0 Å². The second-order valence-corrected chi connectivity index (χ2v) is 6.26. The quantitative estimate of drug-likeness (QED) is 0.474. The fourth-order valence-corrected chi connectivity index (χ4v) is 2.62. The molecule has 2 aromatic rings. The van der Waals surface area contributed by atoms with Gasteiger partial charge in [-0.05, 0) is 36.1 Å². The average Bonchev–Trinajstić information content (AvgIpc) is 3.51. The zero-order valence-corrected chi connectivity index (χ0v) is 13.9. The van der Waals surface area contributed by atoms with Crippen LogP contribution in [0, 0.1) is 0 Å². The van der Waals surface area contributed by atoms with E-state index in [4.69, 9.17) is 9.47 Å². The van der Waals surface area contributed by atoms with Gasteiger partial charge in [-0.2, -0.15) is 10.2 Å². The summed E-state index contributed by atoms with van der Waals surface area (Å²) in [7, 11) is 0. The smallest absolute Gasteiger partial charge is 0.106 e. The van der Waals surface area contributed by atoms with Gasteiger partial charge in [0.15, 0.2) is 0 Å². The number of ether oxygens (including phenoxy) is 2. The molecule has 0 N–H and O–H groups in total. The van der Waals surface area contributed by atoms with Crippen molar-refractivity contribution in [2.24, 2.45) is 10.2 Å². The van der Waals surface area contributed by atoms with E-state index in [1.165, 1.54) is 11.1 Å². The van der Waals surface area contributed by atoms with Crippen LogP contribution in [-0.2, 0) is 9.47 Å². The third-order valence-electron chi connectivity index (χ3n) is 4.42. The van der Waals surface area contributed by atoms with E-state index in [0.717, 1.165) is 35.8 Å². The van der Waals surface area contributed by atoms with Crippen LogP contribution in [0.15, 0.2) is 58.7 Å². The second-order valence-electron chi connectivity index (χ2n) is 6.26. The molecule has 2 unspecified atom stereocenters. The van der Waals surface area contributed by atoms with E-state index in [2.05, 4.69) is 58.7 Å². The van der Waals surface area contributed by atoms with Crippen LogP contribution in [0.1, 0.15) is 48.3 Å². The van der Waals surface area contributed by atoms with Gasteiger partial charge in [0.1, 0.15) is 12.2 Å². The van der Waals surface area contributed by atoms with E-state index < -0.39 is 0 Å². The Balaban J connectivity index is 1.47. The molecule has 0 aliphatic carbocycles. The highest BCUT2D eigenvalue weighted by atomic mass is 16.6. The Morgan fingerprint density at radius 2 is 1.04 bits per heavy atom. The SMILES string of the molecule is C/C(=N\N=C(/C)c1ccc(C2CO2)cc1)c1ccc(C2CO2)cc1. The zero-order chi connectivity index (χ0) is 16.5. The number of rotatable bonds is 5. The number of epoxide rings is 2. The molecule has 24 heavy (non-hydrogen) atoms. The Hall–Kier alpha value is -2.30. The van der Waals surface area contributed by atoms with Gasteiger partial charge in [0.05, 0.1) is 24.6 Å². The lowest BCUT2D eigenvalue weighted by Gasteiger charge is -2.03. The Labute approximate surface area is 141 Å². The minimum absolute atomic E-state index is 0.292. The van der Waals surface area contributed by atoms with Crippen LogP contribution in [0.4, 0.5) is 0 Å². The summed E-state index contributed by atoms with van der Waals surface area (Å²) in [5, 5.41) is 8.76. The largest absolute Gasteiger partial charge is 0.368 e. The van der Waals surface area contributed by atoms with Gasteiger partial charge in [-0.3, -0.25) is 0 Å². The molecule has 0 spiro atoms. The standard InChI is InChI=1S/C20H20N2O2/c1-13(15-3-7-17(8-4-15)19-11-23-19)21-22-14(2)16-5-9-18(10-6-16)20-12-24-20/h3-10,19-20H,11-12H2,1-2H3/b21-13+,22-14+. The summed E-state index contributed by atoms with van der Waals surface area (Å²) in [5.41, 5.74) is 6.42. The summed E-state index contributed by atoms with van der Waals surface area (Å²) >= 11 is 0. The summed E-state index contributed by atoms with van der Waals surface area (Å²) < 4.78 is 10.6. The Kier molecular flexibility index (Phi) is 4.00. The number of hydrogen-bond acceptors (Lipinski definition) is 4. The maximum absolute atomic E-state index is 5.29. The molecule has 2 aliphatic heterocycles. The van der Waals surface area contributed by atoms with Gasteiger partial charge in [-0.1, -0.05) is 48.5 Å². The van der Waals surface area contributed by atoms with Crippen LogP contribution >= 0.6 is 0 Å². The van der Waals surface area contributed by atoms with E-state index in [1.807, 2.05) is 13.8 Å². The number of hydrogen-bond donors (Lipinski definition) is 0. The number of nitrogens with zero attached hydrogens (tertiary/aromatic N) is 2. The molecule has 0 amide bonds. The normalized spacial score (nSPS) is 23.2. The molecular weight excluding hydrogens is 300 g/mol. The molecule has 2 atom stereocenters. The van der Waals surface area contributed by atoms with Gasteiger partial charge in [-0.15, -0.1) is 0 Å². The molecular formula is C20H20N2O2. The molecule has 4 rings (SSSR count). The van der Waals surface area contributed by atoms with E-state index in [9.17, 15) is 0 Å². The molecule has 0 bridgehead atoms. The summed E-state index contributed by atoms with van der Waals surface area (Å²) in [4.78, 5) is 0. The fourth-order valence-electron chi connectivity index (χ4n) is 2.62. The van der Waals surface area contributed by atoms with Crippen molar-refractivity contribution in [3.8, 4) is 0 Å². The van der Waals surface area contributed by atoms with E-state index in [-0.39, 0.29) is 0 Å². The van der Waals surface area contributed by atoms with Crippen molar-refractivity contribution < 1.29 is 9.47 Å². The van der Waals surface area contributed by atoms with Crippen LogP contribution < -0.4 is 0 Å². The zero-order valence-electron chi connectivity index (χ0n) is 13.9. The van der Waals surface area contributed by atoms with Gasteiger partial charge in [-0.25, -0.2) is 0 Å². The highest BCUT2D eigenvalue weighted by molar-refractivity contribution is 6.01. The Morgan fingerprint density at radius 1 is 0.708 bits per heavy atom. The molecule has 2 saturated heterocycles. The van der Waals surface area contributed by atoms with Crippen molar-refractivity contribution in [3.05, 3.63) is 70.8 Å². The monoisotopic (exact) mass is 320 g/mol. The molecule has 2 fully saturated rings. The fraction of sp³-hybridized carbons (Fsp3) is 0.300. The first-order valence-electron chi connectivity index (χ1n) is 8.23. The van der Waals surface area contributed by atoms with Crippen LogP contribution in [0.25, 0.3) is 0 Å². The van der Waals surface area contributed by atoms with E-state index in [1.54, 1.807) is 0 Å². The molecule has 2 heterocycles. The van der Waals surface area contributed by atoms with Crippen molar-refractivity contribution in [2.75, 3.05) is 13.2 Å². The Bertz CT molecular complexity index is 714. The van der Waals surface area contributed by atoms with Gasteiger partial charge in [0.25, 0.3) is 0 Å². The predicted molar refractivity (Wildman–Crippen MR) is 94.7 cm³/mol. The van der Waals surface area contributed by atoms with Gasteiger partial charge in [0.2, 0.25) is 0 Å². The number of benzene rings is 2. The van der Waals surface area contributed by atoms with Crippen LogP contribution in [0.2, 0.25) is 0 Å². The minimum Gasteiger partial charge on any atom is -0.368 e. The van der Waals surface area contributed by atoms with Gasteiger partial charge >= 0.3 is 0 Å². The molecule has 0 aromatic heterocycles. The molecule has 122 valence electrons. The first-order chi connectivity index (χ1) is 11.7. The van der Waals surface area contributed by atoms with Crippen molar-refractivity contribution in [3.63, 3.8) is 0 Å². The third-order valence-corrected chi connectivity index (χ3v) is 4.42. The lowest BCUT2D eigenvalue weighted by Crippen LogP contribution is -1.97. The molecule has 0 radical (unpaired) electrons. The van der Waals surface area contributed by atoms with E-state index in [0.29, 0.717) is 12.2 Å². The summed E-state index contributed by atoms with van der Waals surface area (Å²) in [6, 6.07) is 16.7. The van der Waals surface area contributed by atoms with Crippen molar-refractivity contribution in [1.29, 1.82) is 0 Å². The van der Waals surface area contributed by atoms with Gasteiger partial charge in [0, 0.05) is 0 Å². The van der Waals surface area contributed by atoms with Crippen LogP contribution in [-0.4, -0.2) is 24.6 Å². The molecule has 4 nitrogen and oxygen atoms in total. The highest BCUT2D eigenvalue weighted by Gasteiger charge is 2.24. The highest BCUT2D eigenvalue weighted by Crippen LogP contribution is 2.30. The van der Waals surface area contributed by atoms with Crippen LogP contribution in [0.5, 0.6) is 0 Å². The summed E-state index contributed by atoms with van der Waals surface area (Å²) in [6.45, 7) is 5.63. The average molecular weight is 320 g/mol. The lowest BCUT2D eigenvalue weighted by atomic mass is 10.1. The second kappa shape index (κ2) is 6.30. The third kappa shape index (κ3) is 3.45. The molecule has 2 aromatic carbocycles. The lowest BCUT2D eigenvalue weighted by molar-refractivity contribution is 0.415. The van der Waals surface area contributed by atoms with Crippen molar-refractivity contribution in [2.45, 2.75) is 26.1 Å². The van der Waals surface area contributed by atoms with E-state index >= 15 is 0 Å². The van der Waals surface area contributed by atoms with Crippen LogP contribution in [0.3, 0.4) is 0 Å². The summed E-state index contributed by atoms with van der Waals surface area (Å²) in [6.07, 6.45) is 0.584. The summed E-state index contributed by atoms with van der Waals surface area (Å²) in [5.74, 6) is 0. The molecule has 0 saturated carbocycles. The van der Waals surface area contributed by atoms with Gasteiger partial charge < -0.3 is 9.47 Å². The maximum atomic E-state index is 5.29. The molecule has 2 aliphatic rings.